The zero-order valence-electron chi connectivity index (χ0n) is 29.5. The molecule has 0 aliphatic heterocycles. The van der Waals surface area contributed by atoms with Crippen LogP contribution in [-0.4, -0.2) is 13.7 Å². The molecule has 5 nitrogen and oxygen atoms in total. The first-order valence-corrected chi connectivity index (χ1v) is 18.3. The van der Waals surface area contributed by atoms with Gasteiger partial charge in [0, 0.05) is 43.7 Å². The maximum absolute atomic E-state index is 10.3. The van der Waals surface area contributed by atoms with Gasteiger partial charge in [-0.25, -0.2) is 4.85 Å². The van der Waals surface area contributed by atoms with Gasteiger partial charge in [-0.2, -0.15) is 5.26 Å². The van der Waals surface area contributed by atoms with Crippen LogP contribution in [0, 0.1) is 17.9 Å². The minimum Gasteiger partial charge on any atom is -0.309 e. The van der Waals surface area contributed by atoms with Crippen LogP contribution >= 0.6 is 0 Å². The van der Waals surface area contributed by atoms with Crippen LogP contribution in [0.15, 0.2) is 176 Å². The van der Waals surface area contributed by atoms with Crippen LogP contribution in [0.4, 0.5) is 5.69 Å². The predicted molar refractivity (Wildman–Crippen MR) is 226 cm³/mol. The first kappa shape index (κ1) is 30.7. The van der Waals surface area contributed by atoms with E-state index in [1.807, 2.05) is 6.07 Å². The molecule has 0 fully saturated rings. The largest absolute Gasteiger partial charge is 0.309 e. The minimum absolute atomic E-state index is 0.491. The van der Waals surface area contributed by atoms with Crippen molar-refractivity contribution in [2.75, 3.05) is 0 Å². The smallest absolute Gasteiger partial charge is 0.189 e. The van der Waals surface area contributed by atoms with E-state index in [4.69, 9.17) is 6.57 Å². The van der Waals surface area contributed by atoms with Crippen molar-refractivity contribution >= 4 is 71.1 Å². The van der Waals surface area contributed by atoms with E-state index in [9.17, 15) is 5.26 Å². The van der Waals surface area contributed by atoms with Crippen LogP contribution in [0.2, 0.25) is 0 Å². The normalized spacial score (nSPS) is 11.6. The molecule has 0 aliphatic rings. The van der Waals surface area contributed by atoms with Crippen molar-refractivity contribution < 1.29 is 0 Å². The summed E-state index contributed by atoms with van der Waals surface area (Å²) in [5.41, 5.74) is 12.7. The van der Waals surface area contributed by atoms with Crippen molar-refractivity contribution in [3.63, 3.8) is 0 Å². The molecule has 5 heteroatoms. The Morgan fingerprint density at radius 2 is 0.873 bits per heavy atom. The van der Waals surface area contributed by atoms with E-state index >= 15 is 0 Å². The number of fused-ring (bicyclic) bond motifs is 9. The van der Waals surface area contributed by atoms with Gasteiger partial charge in [-0.15, -0.1) is 0 Å². The molecule has 8 aromatic carbocycles. The summed E-state index contributed by atoms with van der Waals surface area (Å²) in [6, 6.07) is 63.9. The Balaban J connectivity index is 1.18. The van der Waals surface area contributed by atoms with Crippen molar-refractivity contribution in [3.8, 4) is 34.3 Å². The Morgan fingerprint density at radius 1 is 0.400 bits per heavy atom. The molecule has 55 heavy (non-hydrogen) atoms. The molecule has 3 aromatic heterocycles. The summed E-state index contributed by atoms with van der Waals surface area (Å²) in [5.74, 6) is 0. The lowest BCUT2D eigenvalue weighted by atomic mass is 10.0. The van der Waals surface area contributed by atoms with Crippen molar-refractivity contribution in [2.24, 2.45) is 0 Å². The van der Waals surface area contributed by atoms with Gasteiger partial charge < -0.3 is 13.7 Å². The molecular weight excluding hydrogens is 671 g/mol. The van der Waals surface area contributed by atoms with E-state index in [-0.39, 0.29) is 0 Å². The minimum atomic E-state index is 0.491. The van der Waals surface area contributed by atoms with Crippen LogP contribution in [0.1, 0.15) is 5.56 Å². The van der Waals surface area contributed by atoms with Gasteiger partial charge in [-0.05, 0) is 90.0 Å². The van der Waals surface area contributed by atoms with Crippen molar-refractivity contribution in [3.05, 3.63) is 193 Å². The van der Waals surface area contributed by atoms with E-state index in [1.54, 1.807) is 12.1 Å². The topological polar surface area (TPSA) is 42.9 Å². The van der Waals surface area contributed by atoms with E-state index in [1.165, 1.54) is 27.1 Å². The Kier molecular flexibility index (Phi) is 6.61. The zero-order valence-corrected chi connectivity index (χ0v) is 29.5. The Hall–Kier alpha value is -7.86. The maximum Gasteiger partial charge on any atom is 0.189 e. The summed E-state index contributed by atoms with van der Waals surface area (Å²) in [6.45, 7) is 7.77. The lowest BCUT2D eigenvalue weighted by Gasteiger charge is -2.12. The molecule has 0 amide bonds. The molecule has 3 heterocycles. The van der Waals surface area contributed by atoms with Gasteiger partial charge >= 0.3 is 0 Å². The summed E-state index contributed by atoms with van der Waals surface area (Å²) in [7, 11) is 0. The summed E-state index contributed by atoms with van der Waals surface area (Å²) in [4.78, 5) is 3.73. The third-order valence-electron chi connectivity index (χ3n) is 11.1. The second kappa shape index (κ2) is 11.8. The highest BCUT2D eigenvalue weighted by Gasteiger charge is 2.20. The molecule has 254 valence electrons. The molecule has 0 unspecified atom stereocenters. The summed E-state index contributed by atoms with van der Waals surface area (Å²) in [5, 5.41) is 17.2. The molecule has 0 atom stereocenters. The molecule has 0 spiro atoms. The van der Waals surface area contributed by atoms with E-state index in [2.05, 4.69) is 182 Å². The standard InChI is InChI=1S/C50H29N5/c1-52-35-22-19-34(31-51)50(29-35)55-48-25-21-33(32-20-24-47-41(27-32)40-15-7-10-18-46(40)53(47)36-11-3-2-4-12-36)28-42(48)43-30-37(23-26-49(43)55)54-44-16-8-5-13-38(44)39-14-6-9-17-45(39)54/h2-30H. The fraction of sp³-hybridized carbons (Fsp3) is 0. The van der Waals surface area contributed by atoms with Gasteiger partial charge in [0.1, 0.15) is 6.07 Å². The van der Waals surface area contributed by atoms with Crippen LogP contribution < -0.4 is 0 Å². The number of hydrogen-bond acceptors (Lipinski definition) is 1. The number of benzene rings is 8. The average molecular weight is 700 g/mol. The molecule has 11 rings (SSSR count). The van der Waals surface area contributed by atoms with Gasteiger partial charge in [0.25, 0.3) is 0 Å². The second-order valence-corrected chi connectivity index (χ2v) is 14.0. The average Bonchev–Trinajstić information content (AvgIpc) is 3.88. The quantitative estimate of drug-likeness (QED) is 0.169. The SMILES string of the molecule is [C-]#[N+]c1ccc(C#N)c(-n2c3ccc(-c4ccc5c(c4)c4ccccc4n5-c4ccccc4)cc3c3cc(-n4c5ccccc5c5ccccc54)ccc32)c1. The molecule has 0 saturated heterocycles. The fourth-order valence-electron chi connectivity index (χ4n) is 8.67. The van der Waals surface area contributed by atoms with Crippen LogP contribution in [0.3, 0.4) is 0 Å². The Morgan fingerprint density at radius 3 is 1.47 bits per heavy atom. The first-order valence-electron chi connectivity index (χ1n) is 18.3. The highest BCUT2D eigenvalue weighted by Crippen LogP contribution is 2.41. The fourth-order valence-corrected chi connectivity index (χ4v) is 8.67. The molecule has 0 radical (unpaired) electrons. The molecule has 0 saturated carbocycles. The van der Waals surface area contributed by atoms with Gasteiger partial charge in [-0.1, -0.05) is 97.1 Å². The van der Waals surface area contributed by atoms with Crippen LogP contribution in [-0.2, 0) is 0 Å². The Bertz CT molecular complexity index is 3400. The molecule has 0 aliphatic carbocycles. The van der Waals surface area contributed by atoms with Crippen LogP contribution in [0.5, 0.6) is 0 Å². The predicted octanol–water partition coefficient (Wildman–Crippen LogP) is 13.1. The molecular formula is C50H29N5. The zero-order chi connectivity index (χ0) is 36.6. The van der Waals surface area contributed by atoms with E-state index in [0.29, 0.717) is 16.9 Å². The molecule has 11 aromatic rings. The Labute approximate surface area is 316 Å². The van der Waals surface area contributed by atoms with Gasteiger partial charge in [0.05, 0.1) is 50.9 Å². The number of hydrogen-bond donors (Lipinski definition) is 0. The number of nitrogens with zero attached hydrogens (tertiary/aromatic N) is 5. The third-order valence-corrected chi connectivity index (χ3v) is 11.1. The molecule has 0 N–H and O–H groups in total. The van der Waals surface area contributed by atoms with Crippen molar-refractivity contribution in [1.29, 1.82) is 5.26 Å². The number of para-hydroxylation sites is 4. The van der Waals surface area contributed by atoms with Crippen LogP contribution in [0.25, 0.3) is 98.5 Å². The third kappa shape index (κ3) is 4.51. The molecule has 0 bridgehead atoms. The van der Waals surface area contributed by atoms with E-state index < -0.39 is 0 Å². The highest BCUT2D eigenvalue weighted by molar-refractivity contribution is 6.14. The number of nitriles is 1. The van der Waals surface area contributed by atoms with Crippen molar-refractivity contribution in [1.82, 2.24) is 13.7 Å². The lowest BCUT2D eigenvalue weighted by Crippen LogP contribution is -1.98. The lowest BCUT2D eigenvalue weighted by molar-refractivity contribution is 1.16. The second-order valence-electron chi connectivity index (χ2n) is 14.0. The van der Waals surface area contributed by atoms with Gasteiger partial charge in [-0.3, -0.25) is 0 Å². The van der Waals surface area contributed by atoms with Crippen molar-refractivity contribution in [2.45, 2.75) is 0 Å². The highest BCUT2D eigenvalue weighted by atomic mass is 15.0. The first-order chi connectivity index (χ1) is 27.2. The van der Waals surface area contributed by atoms with Gasteiger partial charge in [0.2, 0.25) is 0 Å². The monoisotopic (exact) mass is 699 g/mol. The number of rotatable bonds is 4. The number of aromatic nitrogens is 3. The summed E-state index contributed by atoms with van der Waals surface area (Å²) < 4.78 is 6.83. The maximum atomic E-state index is 10.3. The summed E-state index contributed by atoms with van der Waals surface area (Å²) >= 11 is 0. The van der Waals surface area contributed by atoms with E-state index in [0.717, 1.165) is 60.9 Å². The van der Waals surface area contributed by atoms with Gasteiger partial charge in [0.15, 0.2) is 5.69 Å². The summed E-state index contributed by atoms with van der Waals surface area (Å²) in [6.07, 6.45) is 0.